The number of carbonyl (C=O) groups excluding carboxylic acids is 1. The Morgan fingerprint density at radius 2 is 1.83 bits per heavy atom. The Morgan fingerprint density at radius 1 is 1.22 bits per heavy atom. The van der Waals surface area contributed by atoms with Gasteiger partial charge in [-0.2, -0.15) is 0 Å². The van der Waals surface area contributed by atoms with Crippen molar-refractivity contribution in [3.63, 3.8) is 0 Å². The van der Waals surface area contributed by atoms with E-state index in [9.17, 15) is 4.79 Å². The lowest BCUT2D eigenvalue weighted by atomic mass is 10.0. The van der Waals surface area contributed by atoms with Crippen LogP contribution in [0, 0.1) is 0 Å². The first-order valence-electron chi connectivity index (χ1n) is 6.53. The Hall–Kier alpha value is -1.35. The van der Waals surface area contributed by atoms with Gasteiger partial charge in [0.25, 0.3) is 0 Å². The van der Waals surface area contributed by atoms with Gasteiger partial charge in [0.2, 0.25) is 5.91 Å². The summed E-state index contributed by atoms with van der Waals surface area (Å²) in [5.41, 5.74) is 1.30. The summed E-state index contributed by atoms with van der Waals surface area (Å²) in [5.74, 6) is 0.564. The lowest BCUT2D eigenvalue weighted by Gasteiger charge is -2.22. The molecule has 1 aromatic carbocycles. The molecule has 0 aromatic heterocycles. The van der Waals surface area contributed by atoms with Gasteiger partial charge >= 0.3 is 0 Å². The van der Waals surface area contributed by atoms with Crippen LogP contribution in [0.4, 0.5) is 0 Å². The predicted octanol–water partition coefficient (Wildman–Crippen LogP) is 2.25. The molecule has 1 amide bonds. The number of nitrogens with one attached hydrogen (secondary N) is 1. The number of hydrogen-bond donors (Lipinski definition) is 1. The SMILES string of the molecule is CC(CNCC(=O)N(C)C(C)C)c1ccccc1. The Bertz CT molecular complexity index is 362. The Balaban J connectivity index is 2.32. The van der Waals surface area contributed by atoms with E-state index in [4.69, 9.17) is 0 Å². The third-order valence-corrected chi connectivity index (χ3v) is 3.26. The summed E-state index contributed by atoms with van der Waals surface area (Å²) >= 11 is 0. The van der Waals surface area contributed by atoms with E-state index in [1.54, 1.807) is 4.90 Å². The third-order valence-electron chi connectivity index (χ3n) is 3.26. The minimum Gasteiger partial charge on any atom is -0.342 e. The van der Waals surface area contributed by atoms with Crippen molar-refractivity contribution in [3.05, 3.63) is 35.9 Å². The first kappa shape index (κ1) is 14.7. The van der Waals surface area contributed by atoms with Gasteiger partial charge in [-0.05, 0) is 25.3 Å². The van der Waals surface area contributed by atoms with E-state index in [1.807, 2.05) is 39.1 Å². The second kappa shape index (κ2) is 7.17. The van der Waals surface area contributed by atoms with Gasteiger partial charge in [-0.3, -0.25) is 4.79 Å². The number of likely N-dealkylation sites (N-methyl/N-ethyl adjacent to an activating group) is 1. The molecule has 0 bridgehead atoms. The topological polar surface area (TPSA) is 32.3 Å². The molecule has 0 aliphatic rings. The van der Waals surface area contributed by atoms with E-state index in [0.717, 1.165) is 6.54 Å². The van der Waals surface area contributed by atoms with Gasteiger partial charge in [0.05, 0.1) is 6.54 Å². The van der Waals surface area contributed by atoms with Crippen molar-refractivity contribution in [2.75, 3.05) is 20.1 Å². The smallest absolute Gasteiger partial charge is 0.236 e. The maximum Gasteiger partial charge on any atom is 0.236 e. The Labute approximate surface area is 110 Å². The quantitative estimate of drug-likeness (QED) is 0.837. The number of nitrogens with zero attached hydrogens (tertiary/aromatic N) is 1. The van der Waals surface area contributed by atoms with Crippen molar-refractivity contribution in [1.82, 2.24) is 10.2 Å². The molecule has 1 rings (SSSR count). The zero-order valence-electron chi connectivity index (χ0n) is 11.8. The molecule has 0 fully saturated rings. The molecule has 0 aliphatic carbocycles. The summed E-state index contributed by atoms with van der Waals surface area (Å²) < 4.78 is 0. The largest absolute Gasteiger partial charge is 0.342 e. The summed E-state index contributed by atoms with van der Waals surface area (Å²) in [7, 11) is 1.84. The minimum atomic E-state index is 0.144. The number of amides is 1. The molecule has 0 aliphatic heterocycles. The fraction of sp³-hybridized carbons (Fsp3) is 0.533. The van der Waals surface area contributed by atoms with Crippen LogP contribution in [-0.4, -0.2) is 37.0 Å². The van der Waals surface area contributed by atoms with Crippen LogP contribution in [0.15, 0.2) is 30.3 Å². The lowest BCUT2D eigenvalue weighted by molar-refractivity contribution is -0.130. The van der Waals surface area contributed by atoms with Crippen molar-refractivity contribution in [1.29, 1.82) is 0 Å². The van der Waals surface area contributed by atoms with Crippen molar-refractivity contribution in [2.24, 2.45) is 0 Å². The third kappa shape index (κ3) is 4.49. The molecule has 0 saturated carbocycles. The molecule has 1 aromatic rings. The molecular weight excluding hydrogens is 224 g/mol. The van der Waals surface area contributed by atoms with Crippen molar-refractivity contribution in [3.8, 4) is 0 Å². The molecule has 3 nitrogen and oxygen atoms in total. The van der Waals surface area contributed by atoms with E-state index in [1.165, 1.54) is 5.56 Å². The van der Waals surface area contributed by atoms with Gasteiger partial charge in [-0.1, -0.05) is 37.3 Å². The Kier molecular flexibility index (Phi) is 5.86. The van der Waals surface area contributed by atoms with Crippen molar-refractivity contribution < 1.29 is 4.79 Å². The molecule has 1 unspecified atom stereocenters. The maximum absolute atomic E-state index is 11.8. The van der Waals surface area contributed by atoms with Gasteiger partial charge in [-0.25, -0.2) is 0 Å². The maximum atomic E-state index is 11.8. The first-order chi connectivity index (χ1) is 8.52. The minimum absolute atomic E-state index is 0.144. The van der Waals surface area contributed by atoms with E-state index in [-0.39, 0.29) is 11.9 Å². The van der Waals surface area contributed by atoms with Crippen LogP contribution in [0.25, 0.3) is 0 Å². The highest BCUT2D eigenvalue weighted by Gasteiger charge is 2.12. The van der Waals surface area contributed by atoms with Crippen LogP contribution in [-0.2, 0) is 4.79 Å². The molecule has 18 heavy (non-hydrogen) atoms. The molecule has 0 radical (unpaired) electrons. The fourth-order valence-electron chi connectivity index (χ4n) is 1.71. The first-order valence-corrected chi connectivity index (χ1v) is 6.53. The van der Waals surface area contributed by atoms with Crippen LogP contribution < -0.4 is 5.32 Å². The average molecular weight is 248 g/mol. The monoisotopic (exact) mass is 248 g/mol. The van der Waals surface area contributed by atoms with Gasteiger partial charge in [0.1, 0.15) is 0 Å². The molecule has 0 saturated heterocycles. The fourth-order valence-corrected chi connectivity index (χ4v) is 1.71. The van der Waals surface area contributed by atoms with Gasteiger partial charge in [0.15, 0.2) is 0 Å². The van der Waals surface area contributed by atoms with Crippen LogP contribution in [0.5, 0.6) is 0 Å². The predicted molar refractivity (Wildman–Crippen MR) is 75.6 cm³/mol. The van der Waals surface area contributed by atoms with Gasteiger partial charge < -0.3 is 10.2 Å². The zero-order chi connectivity index (χ0) is 13.5. The van der Waals surface area contributed by atoms with Crippen LogP contribution in [0.2, 0.25) is 0 Å². The van der Waals surface area contributed by atoms with Gasteiger partial charge in [0, 0.05) is 19.6 Å². The van der Waals surface area contributed by atoms with E-state index in [2.05, 4.69) is 24.4 Å². The highest BCUT2D eigenvalue weighted by molar-refractivity contribution is 5.78. The highest BCUT2D eigenvalue weighted by atomic mass is 16.2. The zero-order valence-corrected chi connectivity index (χ0v) is 11.8. The summed E-state index contributed by atoms with van der Waals surface area (Å²) in [4.78, 5) is 13.5. The van der Waals surface area contributed by atoms with Crippen LogP contribution in [0.1, 0.15) is 32.3 Å². The standard InChI is InChI=1S/C15H24N2O/c1-12(2)17(4)15(18)11-16-10-13(3)14-8-6-5-7-9-14/h5-9,12-13,16H,10-11H2,1-4H3. The van der Waals surface area contributed by atoms with E-state index < -0.39 is 0 Å². The second-order valence-corrected chi connectivity index (χ2v) is 5.04. The summed E-state index contributed by atoms with van der Waals surface area (Å²) in [6.07, 6.45) is 0. The van der Waals surface area contributed by atoms with Crippen LogP contribution in [0.3, 0.4) is 0 Å². The van der Waals surface area contributed by atoms with E-state index >= 15 is 0 Å². The molecule has 0 heterocycles. The Morgan fingerprint density at radius 3 is 2.39 bits per heavy atom. The summed E-state index contributed by atoms with van der Waals surface area (Å²) in [6, 6.07) is 10.6. The summed E-state index contributed by atoms with van der Waals surface area (Å²) in [5, 5.41) is 3.23. The molecular formula is C15H24N2O. The molecule has 1 N–H and O–H groups in total. The number of hydrogen-bond acceptors (Lipinski definition) is 2. The van der Waals surface area contributed by atoms with Gasteiger partial charge in [-0.15, -0.1) is 0 Å². The summed E-state index contributed by atoms with van der Waals surface area (Å²) in [6.45, 7) is 7.43. The normalized spacial score (nSPS) is 12.5. The van der Waals surface area contributed by atoms with Crippen molar-refractivity contribution >= 4 is 5.91 Å². The number of rotatable bonds is 6. The highest BCUT2D eigenvalue weighted by Crippen LogP contribution is 2.12. The second-order valence-electron chi connectivity index (χ2n) is 5.04. The average Bonchev–Trinajstić information content (AvgIpc) is 2.38. The van der Waals surface area contributed by atoms with Crippen molar-refractivity contribution in [2.45, 2.75) is 32.7 Å². The molecule has 1 atom stereocenters. The number of carbonyl (C=O) groups is 1. The van der Waals surface area contributed by atoms with Crippen LogP contribution >= 0.6 is 0 Å². The molecule has 100 valence electrons. The molecule has 3 heteroatoms. The van der Waals surface area contributed by atoms with E-state index in [0.29, 0.717) is 12.5 Å². The molecule has 0 spiro atoms. The lowest BCUT2D eigenvalue weighted by Crippen LogP contribution is -2.40. The number of benzene rings is 1.